The smallest absolute Gasteiger partial charge is 0.181 e. The van der Waals surface area contributed by atoms with Gasteiger partial charge in [0.1, 0.15) is 5.82 Å². The molecule has 0 atom stereocenters. The Bertz CT molecular complexity index is 761. The molecule has 0 radical (unpaired) electrons. The molecule has 3 aromatic rings. The normalized spacial score (nSPS) is 16.3. The van der Waals surface area contributed by atoms with E-state index in [4.69, 9.17) is 4.98 Å². The molecule has 3 heterocycles. The number of benzene rings is 1. The Morgan fingerprint density at radius 2 is 1.75 bits per heavy atom. The fourth-order valence-corrected chi connectivity index (χ4v) is 3.28. The highest BCUT2D eigenvalue weighted by Gasteiger charge is 2.23. The van der Waals surface area contributed by atoms with E-state index in [-0.39, 0.29) is 0 Å². The fraction of sp³-hybridized carbons (Fsp3) is 0.316. The Hall–Kier alpha value is -2.53. The van der Waals surface area contributed by atoms with Crippen molar-refractivity contribution in [1.82, 2.24) is 25.1 Å². The van der Waals surface area contributed by atoms with Crippen LogP contribution in [0.1, 0.15) is 30.1 Å². The average Bonchev–Trinajstić information content (AvgIpc) is 3.14. The molecule has 0 amide bonds. The summed E-state index contributed by atoms with van der Waals surface area (Å²) in [6, 6.07) is 14.3. The predicted octanol–water partition coefficient (Wildman–Crippen LogP) is 3.25. The standard InChI is InChI=1S/C19H21N5/c1-2-4-16(5-3-1)18-21-19(23-22-18)17-8-12-24(13-9-17)14-15-6-10-20-11-7-15/h1-7,10-11,17H,8-9,12-14H2,(H,21,22,23). The number of hydrogen-bond donors (Lipinski definition) is 1. The summed E-state index contributed by atoms with van der Waals surface area (Å²) in [6.07, 6.45) is 5.96. The molecular weight excluding hydrogens is 298 g/mol. The van der Waals surface area contributed by atoms with Crippen LogP contribution in [0.3, 0.4) is 0 Å². The van der Waals surface area contributed by atoms with E-state index in [1.807, 2.05) is 42.7 Å². The van der Waals surface area contributed by atoms with Crippen molar-refractivity contribution in [3.05, 3.63) is 66.2 Å². The third-order valence-electron chi connectivity index (χ3n) is 4.66. The number of H-pyrrole nitrogens is 1. The molecule has 1 aliphatic heterocycles. The second-order valence-electron chi connectivity index (χ2n) is 6.32. The van der Waals surface area contributed by atoms with E-state index in [0.29, 0.717) is 5.92 Å². The molecule has 0 saturated carbocycles. The zero-order chi connectivity index (χ0) is 16.2. The highest BCUT2D eigenvalue weighted by Crippen LogP contribution is 2.27. The molecule has 0 spiro atoms. The summed E-state index contributed by atoms with van der Waals surface area (Å²) < 4.78 is 0. The summed E-state index contributed by atoms with van der Waals surface area (Å²) in [5.74, 6) is 2.30. The van der Waals surface area contributed by atoms with Gasteiger partial charge in [0.2, 0.25) is 0 Å². The molecule has 1 aromatic carbocycles. The number of nitrogens with one attached hydrogen (secondary N) is 1. The maximum Gasteiger partial charge on any atom is 0.181 e. The van der Waals surface area contributed by atoms with Crippen LogP contribution < -0.4 is 0 Å². The van der Waals surface area contributed by atoms with Crippen LogP contribution in [0.15, 0.2) is 54.9 Å². The van der Waals surface area contributed by atoms with Gasteiger partial charge in [-0.15, -0.1) is 0 Å². The second-order valence-corrected chi connectivity index (χ2v) is 6.32. The van der Waals surface area contributed by atoms with E-state index < -0.39 is 0 Å². The van der Waals surface area contributed by atoms with Crippen LogP contribution in [0.2, 0.25) is 0 Å². The molecule has 1 aliphatic rings. The van der Waals surface area contributed by atoms with Crippen molar-refractivity contribution in [2.75, 3.05) is 13.1 Å². The monoisotopic (exact) mass is 319 g/mol. The maximum atomic E-state index is 4.72. The Balaban J connectivity index is 1.37. The van der Waals surface area contributed by atoms with Gasteiger partial charge in [-0.3, -0.25) is 15.0 Å². The minimum Gasteiger partial charge on any atom is -0.299 e. The van der Waals surface area contributed by atoms with E-state index in [1.165, 1.54) is 5.56 Å². The number of pyridine rings is 1. The molecule has 0 aliphatic carbocycles. The molecular formula is C19H21N5. The lowest BCUT2D eigenvalue weighted by Gasteiger charge is -2.30. The fourth-order valence-electron chi connectivity index (χ4n) is 3.28. The van der Waals surface area contributed by atoms with E-state index >= 15 is 0 Å². The predicted molar refractivity (Wildman–Crippen MR) is 93.3 cm³/mol. The van der Waals surface area contributed by atoms with E-state index in [0.717, 1.165) is 49.7 Å². The molecule has 5 nitrogen and oxygen atoms in total. The molecule has 122 valence electrons. The van der Waals surface area contributed by atoms with Crippen LogP contribution in [-0.4, -0.2) is 38.2 Å². The van der Waals surface area contributed by atoms with E-state index in [9.17, 15) is 0 Å². The summed E-state index contributed by atoms with van der Waals surface area (Å²) in [6.45, 7) is 3.18. The largest absolute Gasteiger partial charge is 0.299 e. The topological polar surface area (TPSA) is 57.7 Å². The van der Waals surface area contributed by atoms with Gasteiger partial charge in [-0.25, -0.2) is 4.98 Å². The number of piperidine rings is 1. The quantitative estimate of drug-likeness (QED) is 0.802. The highest BCUT2D eigenvalue weighted by molar-refractivity contribution is 5.53. The first-order valence-corrected chi connectivity index (χ1v) is 8.47. The van der Waals surface area contributed by atoms with E-state index in [2.05, 4.69) is 32.2 Å². The van der Waals surface area contributed by atoms with Crippen LogP contribution in [0.5, 0.6) is 0 Å². The van der Waals surface area contributed by atoms with Crippen LogP contribution in [0.4, 0.5) is 0 Å². The number of aromatic nitrogens is 4. The molecule has 24 heavy (non-hydrogen) atoms. The van der Waals surface area contributed by atoms with Gasteiger partial charge in [-0.2, -0.15) is 5.10 Å². The lowest BCUT2D eigenvalue weighted by atomic mass is 9.96. The molecule has 0 bridgehead atoms. The number of nitrogens with zero attached hydrogens (tertiary/aromatic N) is 4. The molecule has 1 fully saturated rings. The van der Waals surface area contributed by atoms with Gasteiger partial charge < -0.3 is 0 Å². The minimum atomic E-state index is 0.476. The van der Waals surface area contributed by atoms with Gasteiger partial charge in [0.05, 0.1) is 0 Å². The summed E-state index contributed by atoms with van der Waals surface area (Å²) in [5, 5.41) is 7.54. The van der Waals surface area contributed by atoms with Crippen LogP contribution in [-0.2, 0) is 6.54 Å². The van der Waals surface area contributed by atoms with Gasteiger partial charge in [0.25, 0.3) is 0 Å². The molecule has 2 aromatic heterocycles. The minimum absolute atomic E-state index is 0.476. The highest BCUT2D eigenvalue weighted by atomic mass is 15.2. The third-order valence-corrected chi connectivity index (χ3v) is 4.66. The molecule has 1 saturated heterocycles. The van der Waals surface area contributed by atoms with Gasteiger partial charge in [0.15, 0.2) is 5.82 Å². The lowest BCUT2D eigenvalue weighted by Crippen LogP contribution is -2.32. The van der Waals surface area contributed by atoms with Crippen molar-refractivity contribution in [2.45, 2.75) is 25.3 Å². The molecule has 5 heteroatoms. The van der Waals surface area contributed by atoms with E-state index in [1.54, 1.807) is 0 Å². The van der Waals surface area contributed by atoms with Crippen molar-refractivity contribution in [3.63, 3.8) is 0 Å². The number of rotatable bonds is 4. The summed E-state index contributed by atoms with van der Waals surface area (Å²) >= 11 is 0. The van der Waals surface area contributed by atoms with Crippen molar-refractivity contribution in [1.29, 1.82) is 0 Å². The zero-order valence-electron chi connectivity index (χ0n) is 13.6. The average molecular weight is 319 g/mol. The van der Waals surface area contributed by atoms with Crippen molar-refractivity contribution < 1.29 is 0 Å². The SMILES string of the molecule is c1ccc(-c2n[nH]c(C3CCN(Cc4ccncc4)CC3)n2)cc1. The first-order chi connectivity index (χ1) is 11.9. The van der Waals surface area contributed by atoms with Crippen molar-refractivity contribution in [3.8, 4) is 11.4 Å². The Labute approximate surface area is 141 Å². The first-order valence-electron chi connectivity index (χ1n) is 8.47. The third kappa shape index (κ3) is 3.36. The van der Waals surface area contributed by atoms with Gasteiger partial charge in [-0.1, -0.05) is 30.3 Å². The van der Waals surface area contributed by atoms with Crippen LogP contribution in [0.25, 0.3) is 11.4 Å². The Kier molecular flexibility index (Phi) is 4.34. The van der Waals surface area contributed by atoms with Gasteiger partial charge >= 0.3 is 0 Å². The Morgan fingerprint density at radius 1 is 1.00 bits per heavy atom. The van der Waals surface area contributed by atoms with Crippen molar-refractivity contribution >= 4 is 0 Å². The lowest BCUT2D eigenvalue weighted by molar-refractivity contribution is 0.202. The number of likely N-dealkylation sites (tertiary alicyclic amines) is 1. The Morgan fingerprint density at radius 3 is 2.50 bits per heavy atom. The number of aromatic amines is 1. The molecule has 1 N–H and O–H groups in total. The van der Waals surface area contributed by atoms with Gasteiger partial charge in [0, 0.05) is 30.4 Å². The van der Waals surface area contributed by atoms with Crippen LogP contribution in [0, 0.1) is 0 Å². The zero-order valence-corrected chi connectivity index (χ0v) is 13.6. The summed E-state index contributed by atoms with van der Waals surface area (Å²) in [4.78, 5) is 11.3. The second kappa shape index (κ2) is 6.93. The maximum absolute atomic E-state index is 4.72. The number of hydrogen-bond acceptors (Lipinski definition) is 4. The summed E-state index contributed by atoms with van der Waals surface area (Å²) in [5.41, 5.74) is 2.39. The summed E-state index contributed by atoms with van der Waals surface area (Å²) in [7, 11) is 0. The van der Waals surface area contributed by atoms with Crippen molar-refractivity contribution in [2.24, 2.45) is 0 Å². The first kappa shape index (κ1) is 15.0. The van der Waals surface area contributed by atoms with Gasteiger partial charge in [-0.05, 0) is 43.6 Å². The molecule has 4 rings (SSSR count). The van der Waals surface area contributed by atoms with Crippen LogP contribution >= 0.6 is 0 Å². The molecule has 0 unspecified atom stereocenters.